The second-order valence-corrected chi connectivity index (χ2v) is 16.9. The van der Waals surface area contributed by atoms with E-state index in [1.165, 1.54) is 32.9 Å². The van der Waals surface area contributed by atoms with Crippen molar-refractivity contribution in [2.45, 2.75) is 56.0 Å². The summed E-state index contributed by atoms with van der Waals surface area (Å²) in [7, 11) is -7.63. The van der Waals surface area contributed by atoms with Crippen LogP contribution in [0.25, 0.3) is 0 Å². The molecule has 0 bridgehead atoms. The summed E-state index contributed by atoms with van der Waals surface area (Å²) in [5.41, 5.74) is 3.23. The lowest BCUT2D eigenvalue weighted by Gasteiger charge is -2.35. The Hall–Kier alpha value is -3.40. The topological polar surface area (TPSA) is 127 Å². The molecule has 0 radical (unpaired) electrons. The molecule has 0 amide bonds. The number of ether oxygens (including phenoxy) is 2. The molecule has 2 atom stereocenters. The number of esters is 2. The number of nitrogens with zero attached hydrogens (tertiary/aromatic N) is 2. The van der Waals surface area contributed by atoms with Gasteiger partial charge in [-0.3, -0.25) is 0 Å². The minimum absolute atomic E-state index is 0. The fraction of sp³-hybridized carbons (Fsp3) is 0.297. The molecular formula is C37H40Br2N2O8S2. The van der Waals surface area contributed by atoms with Crippen LogP contribution in [0.1, 0.15) is 55.6 Å². The van der Waals surface area contributed by atoms with Crippen molar-refractivity contribution in [2.75, 3.05) is 26.3 Å². The first-order valence-electron chi connectivity index (χ1n) is 15.9. The molecule has 0 aromatic heterocycles. The highest BCUT2D eigenvalue weighted by atomic mass is 79.9. The van der Waals surface area contributed by atoms with Crippen molar-refractivity contribution in [3.8, 4) is 0 Å². The molecule has 0 N–H and O–H groups in total. The molecule has 0 fully saturated rings. The first-order valence-corrected chi connectivity index (χ1v) is 20.4. The maximum Gasteiger partial charge on any atom is 0.329 e. The Bertz CT molecular complexity index is 2060. The van der Waals surface area contributed by atoms with Crippen molar-refractivity contribution in [2.24, 2.45) is 0 Å². The van der Waals surface area contributed by atoms with Gasteiger partial charge in [0.2, 0.25) is 20.0 Å². The van der Waals surface area contributed by atoms with Crippen LogP contribution >= 0.6 is 31.9 Å². The van der Waals surface area contributed by atoms with E-state index in [0.717, 1.165) is 15.6 Å². The molecule has 51 heavy (non-hydrogen) atoms. The molecule has 272 valence electrons. The summed E-state index contributed by atoms with van der Waals surface area (Å²) in [6.07, 6.45) is 1.08. The van der Waals surface area contributed by atoms with Gasteiger partial charge < -0.3 is 9.47 Å². The maximum absolute atomic E-state index is 13.1. The van der Waals surface area contributed by atoms with Crippen molar-refractivity contribution in [3.05, 3.63) is 128 Å². The fourth-order valence-corrected chi connectivity index (χ4v) is 10.3. The van der Waals surface area contributed by atoms with Crippen LogP contribution in [0.2, 0.25) is 0 Å². The van der Waals surface area contributed by atoms with Crippen molar-refractivity contribution < 1.29 is 35.9 Å². The van der Waals surface area contributed by atoms with Crippen LogP contribution in [-0.2, 0) is 52.0 Å². The molecular weight excluding hydrogens is 824 g/mol. The number of carbonyl (C=O) groups excluding carboxylic acids is 2. The second kappa shape index (κ2) is 17.4. The summed E-state index contributed by atoms with van der Waals surface area (Å²) in [5, 5.41) is 0. The van der Waals surface area contributed by atoms with Crippen molar-refractivity contribution in [1.82, 2.24) is 8.61 Å². The quantitative estimate of drug-likeness (QED) is 0.170. The van der Waals surface area contributed by atoms with Crippen LogP contribution in [-0.4, -0.2) is 63.7 Å². The third kappa shape index (κ3) is 8.64. The largest absolute Gasteiger partial charge is 0.465 e. The Morgan fingerprint density at radius 3 is 1.69 bits per heavy atom. The molecule has 2 aliphatic heterocycles. The highest BCUT2D eigenvalue weighted by Crippen LogP contribution is 2.39. The molecule has 4 aromatic rings. The first kappa shape index (κ1) is 40.4. The van der Waals surface area contributed by atoms with Gasteiger partial charge in [0, 0.05) is 22.0 Å². The van der Waals surface area contributed by atoms with Crippen LogP contribution in [0, 0.1) is 0 Å². The minimum atomic E-state index is -3.82. The fourth-order valence-electron chi connectivity index (χ4n) is 6.08. The molecule has 4 aromatic carbocycles. The lowest BCUT2D eigenvalue weighted by molar-refractivity contribution is -0.149. The number of hydrogen-bond acceptors (Lipinski definition) is 8. The zero-order valence-corrected chi connectivity index (χ0v) is 32.2. The molecule has 2 unspecified atom stereocenters. The molecule has 0 aliphatic carbocycles. The Labute approximate surface area is 317 Å². The number of hydrogen-bond donors (Lipinski definition) is 0. The van der Waals surface area contributed by atoms with E-state index < -0.39 is 44.1 Å². The smallest absolute Gasteiger partial charge is 0.329 e. The highest BCUT2D eigenvalue weighted by Gasteiger charge is 2.43. The predicted octanol–water partition coefficient (Wildman–Crippen LogP) is 7.24. The zero-order valence-electron chi connectivity index (χ0n) is 27.4. The van der Waals surface area contributed by atoms with E-state index in [-0.39, 0.29) is 43.5 Å². The van der Waals surface area contributed by atoms with Gasteiger partial charge in [0.15, 0.2) is 0 Å². The van der Waals surface area contributed by atoms with Gasteiger partial charge in [-0.25, -0.2) is 26.4 Å². The highest BCUT2D eigenvalue weighted by molar-refractivity contribution is 9.10. The Kier molecular flexibility index (Phi) is 13.8. The molecule has 2 heterocycles. The van der Waals surface area contributed by atoms with Crippen LogP contribution in [0.5, 0.6) is 0 Å². The van der Waals surface area contributed by atoms with Gasteiger partial charge in [-0.2, -0.15) is 8.61 Å². The molecule has 10 nitrogen and oxygen atoms in total. The summed E-state index contributed by atoms with van der Waals surface area (Å²) >= 11 is 6.88. The normalized spacial score (nSPS) is 17.4. The molecule has 6 rings (SSSR count). The third-order valence-electron chi connectivity index (χ3n) is 8.31. The molecule has 2 aliphatic rings. The number of carbonyl (C=O) groups is 2. The minimum Gasteiger partial charge on any atom is -0.465 e. The SMILES string of the molecule is C.CCOC(=O)C1c2c(Br)cccc2CCN1S(=O)(=O)c1ccccc1.CCOC(=O)C1c2ccc(Br)cc2CCN1S(=O)(=O)c1ccccc1. The number of fused-ring (bicyclic) bond motifs is 2. The van der Waals surface area contributed by atoms with Crippen molar-refractivity contribution in [3.63, 3.8) is 0 Å². The van der Waals surface area contributed by atoms with Crippen LogP contribution in [0.4, 0.5) is 0 Å². The molecule has 0 saturated heterocycles. The lowest BCUT2D eigenvalue weighted by Crippen LogP contribution is -2.44. The first-order chi connectivity index (χ1) is 23.9. The summed E-state index contributed by atoms with van der Waals surface area (Å²) in [4.78, 5) is 25.6. The standard InChI is InChI=1S/2C18H18BrNO4S.CH4/c1-2-24-18(21)17-16-13(7-6-10-15(16)19)11-12-20(17)25(22,23)14-8-4-3-5-9-14;1-2-24-18(21)17-16-9-8-14(19)12-13(16)10-11-20(17)25(22,23)15-6-4-3-5-7-15;/h3-10,17H,2,11-12H2,1H3;3-9,12,17H,2,10-11H2,1H3;1H4. The van der Waals surface area contributed by atoms with E-state index in [2.05, 4.69) is 31.9 Å². The lowest BCUT2D eigenvalue weighted by atomic mass is 9.94. The Morgan fingerprint density at radius 1 is 0.667 bits per heavy atom. The third-order valence-corrected chi connectivity index (χ3v) is 13.3. The van der Waals surface area contributed by atoms with Gasteiger partial charge >= 0.3 is 11.9 Å². The van der Waals surface area contributed by atoms with Crippen LogP contribution in [0.3, 0.4) is 0 Å². The average Bonchev–Trinajstić information content (AvgIpc) is 3.12. The summed E-state index contributed by atoms with van der Waals surface area (Å²) < 4.78 is 66.9. The van der Waals surface area contributed by atoms with E-state index in [4.69, 9.17) is 9.47 Å². The molecule has 0 saturated carbocycles. The van der Waals surface area contributed by atoms with Gasteiger partial charge in [-0.05, 0) is 91.4 Å². The summed E-state index contributed by atoms with van der Waals surface area (Å²) in [6, 6.07) is 25.5. The molecule has 0 spiro atoms. The van der Waals surface area contributed by atoms with E-state index in [0.29, 0.717) is 28.4 Å². The Morgan fingerprint density at radius 2 is 1.16 bits per heavy atom. The zero-order chi connectivity index (χ0) is 36.1. The summed E-state index contributed by atoms with van der Waals surface area (Å²) in [6.45, 7) is 4.25. The monoisotopic (exact) mass is 862 g/mol. The van der Waals surface area contributed by atoms with Gasteiger partial charge in [-0.15, -0.1) is 0 Å². The Balaban J connectivity index is 0.000000224. The number of halogens is 2. The second-order valence-electron chi connectivity index (χ2n) is 11.3. The van der Waals surface area contributed by atoms with E-state index in [1.54, 1.807) is 56.3 Å². The number of sulfonamides is 2. The van der Waals surface area contributed by atoms with Crippen molar-refractivity contribution >= 4 is 63.8 Å². The van der Waals surface area contributed by atoms with Gasteiger partial charge in [0.05, 0.1) is 23.0 Å². The van der Waals surface area contributed by atoms with E-state index in [9.17, 15) is 26.4 Å². The van der Waals surface area contributed by atoms with Crippen molar-refractivity contribution in [1.29, 1.82) is 0 Å². The van der Waals surface area contributed by atoms with Crippen LogP contribution in [0.15, 0.2) is 116 Å². The number of rotatable bonds is 8. The van der Waals surface area contributed by atoms with E-state index >= 15 is 0 Å². The van der Waals surface area contributed by atoms with Gasteiger partial charge in [-0.1, -0.05) is 93.9 Å². The predicted molar refractivity (Wildman–Crippen MR) is 202 cm³/mol. The van der Waals surface area contributed by atoms with Gasteiger partial charge in [0.1, 0.15) is 12.1 Å². The average molecular weight is 865 g/mol. The maximum atomic E-state index is 13.1. The summed E-state index contributed by atoms with van der Waals surface area (Å²) in [5.74, 6) is -1.11. The molecule has 14 heteroatoms. The number of benzene rings is 4. The van der Waals surface area contributed by atoms with Crippen LogP contribution < -0.4 is 0 Å². The van der Waals surface area contributed by atoms with Gasteiger partial charge in [0.25, 0.3) is 0 Å². The van der Waals surface area contributed by atoms with E-state index in [1.807, 2.05) is 30.3 Å².